The van der Waals surface area contributed by atoms with Crippen molar-refractivity contribution in [2.45, 2.75) is 12.8 Å². The smallest absolute Gasteiger partial charge is 0.343 e. The zero-order valence-electron chi connectivity index (χ0n) is 10.7. The Morgan fingerprint density at radius 3 is 2.95 bits per heavy atom. The van der Waals surface area contributed by atoms with Gasteiger partial charge in [-0.05, 0) is 40.9 Å². The van der Waals surface area contributed by atoms with Gasteiger partial charge in [0, 0.05) is 11.6 Å². The summed E-state index contributed by atoms with van der Waals surface area (Å²) in [5.74, 6) is 0.349. The molecule has 2 N–H and O–H groups in total. The molecular formula is C14H16BrNO3. The third-order valence-electron chi connectivity index (χ3n) is 3.09. The summed E-state index contributed by atoms with van der Waals surface area (Å²) in [6.45, 7) is 0.530. The van der Waals surface area contributed by atoms with Crippen LogP contribution in [0.3, 0.4) is 0 Å². The number of methoxy groups -OCH3 is 1. The minimum absolute atomic E-state index is 0.277. The molecule has 0 aliphatic heterocycles. The van der Waals surface area contributed by atoms with Crippen LogP contribution < -0.4 is 10.5 Å². The van der Waals surface area contributed by atoms with Crippen LogP contribution in [0.15, 0.2) is 28.8 Å². The van der Waals surface area contributed by atoms with Crippen molar-refractivity contribution in [3.8, 4) is 5.75 Å². The Labute approximate surface area is 120 Å². The van der Waals surface area contributed by atoms with Gasteiger partial charge < -0.3 is 15.2 Å². The van der Waals surface area contributed by atoms with Crippen LogP contribution >= 0.6 is 15.9 Å². The average Bonchev–Trinajstić information content (AvgIpc) is 2.92. The first-order chi connectivity index (χ1) is 9.13. The first-order valence-electron chi connectivity index (χ1n) is 6.09. The first kappa shape index (κ1) is 13.9. The van der Waals surface area contributed by atoms with E-state index >= 15 is 0 Å². The van der Waals surface area contributed by atoms with Gasteiger partial charge in [-0.25, -0.2) is 4.79 Å². The molecular weight excluding hydrogens is 310 g/mol. The van der Waals surface area contributed by atoms with E-state index in [-0.39, 0.29) is 5.56 Å². The van der Waals surface area contributed by atoms with E-state index in [9.17, 15) is 4.79 Å². The Kier molecular flexibility index (Phi) is 4.47. The molecule has 0 bridgehead atoms. The van der Waals surface area contributed by atoms with Crippen LogP contribution in [-0.4, -0.2) is 19.7 Å². The highest BCUT2D eigenvalue weighted by Gasteiger charge is 2.21. The van der Waals surface area contributed by atoms with Crippen LogP contribution in [0.4, 0.5) is 5.69 Å². The molecule has 1 aliphatic rings. The quantitative estimate of drug-likeness (QED) is 0.524. The Hall–Kier alpha value is -1.49. The Bertz CT molecular complexity index is 514. The van der Waals surface area contributed by atoms with Gasteiger partial charge in [-0.2, -0.15) is 0 Å². The van der Waals surface area contributed by atoms with Crippen molar-refractivity contribution in [1.82, 2.24) is 0 Å². The zero-order valence-corrected chi connectivity index (χ0v) is 12.3. The molecule has 2 rings (SSSR count). The normalized spacial score (nSPS) is 17.5. The summed E-state index contributed by atoms with van der Waals surface area (Å²) in [6.07, 6.45) is 6.44. The summed E-state index contributed by atoms with van der Waals surface area (Å²) < 4.78 is 11.2. The predicted molar refractivity (Wildman–Crippen MR) is 77.3 cm³/mol. The molecule has 1 aromatic rings. The lowest BCUT2D eigenvalue weighted by molar-refractivity contribution is 0.0596. The molecule has 0 spiro atoms. The molecule has 0 heterocycles. The van der Waals surface area contributed by atoms with Gasteiger partial charge in [-0.3, -0.25) is 0 Å². The third kappa shape index (κ3) is 3.10. The maximum Gasteiger partial charge on any atom is 0.343 e. The highest BCUT2D eigenvalue weighted by Crippen LogP contribution is 2.34. The molecule has 0 fully saturated rings. The van der Waals surface area contributed by atoms with Crippen LogP contribution in [0.1, 0.15) is 23.2 Å². The second-order valence-corrected chi connectivity index (χ2v) is 5.26. The third-order valence-corrected chi connectivity index (χ3v) is 3.71. The van der Waals surface area contributed by atoms with Gasteiger partial charge in [-0.15, -0.1) is 0 Å². The van der Waals surface area contributed by atoms with E-state index in [0.717, 1.165) is 12.8 Å². The minimum Gasteiger partial charge on any atom is -0.491 e. The molecule has 5 heteroatoms. The van der Waals surface area contributed by atoms with Gasteiger partial charge >= 0.3 is 5.97 Å². The standard InChI is InChI=1S/C14H16BrNO3/c1-18-14(17)12-11(16)7-6-10(15)13(12)19-8-9-4-2-3-5-9/h2,4,6-7,9H,3,5,8,16H2,1H3. The molecule has 1 aromatic carbocycles. The van der Waals surface area contributed by atoms with Crippen molar-refractivity contribution in [3.05, 3.63) is 34.3 Å². The highest BCUT2D eigenvalue weighted by atomic mass is 79.9. The minimum atomic E-state index is -0.490. The highest BCUT2D eigenvalue weighted by molar-refractivity contribution is 9.10. The lowest BCUT2D eigenvalue weighted by atomic mass is 10.1. The molecule has 0 saturated heterocycles. The van der Waals surface area contributed by atoms with E-state index in [1.807, 2.05) is 0 Å². The van der Waals surface area contributed by atoms with Crippen molar-refractivity contribution in [2.75, 3.05) is 19.5 Å². The topological polar surface area (TPSA) is 61.5 Å². The molecule has 4 nitrogen and oxygen atoms in total. The van der Waals surface area contributed by atoms with Crippen LogP contribution in [0, 0.1) is 5.92 Å². The monoisotopic (exact) mass is 325 g/mol. The van der Waals surface area contributed by atoms with E-state index in [2.05, 4.69) is 28.1 Å². The van der Waals surface area contributed by atoms with E-state index < -0.39 is 5.97 Å². The summed E-state index contributed by atoms with van der Waals surface area (Å²) in [4.78, 5) is 11.8. The van der Waals surface area contributed by atoms with E-state index in [1.165, 1.54) is 7.11 Å². The number of halogens is 1. The van der Waals surface area contributed by atoms with E-state index in [4.69, 9.17) is 15.2 Å². The van der Waals surface area contributed by atoms with Gasteiger partial charge in [0.25, 0.3) is 0 Å². The van der Waals surface area contributed by atoms with Gasteiger partial charge in [0.15, 0.2) is 0 Å². The largest absolute Gasteiger partial charge is 0.491 e. The number of allylic oxidation sites excluding steroid dienone is 1. The van der Waals surface area contributed by atoms with Crippen molar-refractivity contribution in [2.24, 2.45) is 5.92 Å². The summed E-state index contributed by atoms with van der Waals surface area (Å²) in [5, 5.41) is 0. The lowest BCUT2D eigenvalue weighted by Gasteiger charge is -2.16. The first-order valence-corrected chi connectivity index (χ1v) is 6.88. The summed E-state index contributed by atoms with van der Waals surface area (Å²) >= 11 is 3.38. The number of anilines is 1. The molecule has 0 radical (unpaired) electrons. The number of hydrogen-bond donors (Lipinski definition) is 1. The van der Waals surface area contributed by atoms with Crippen LogP contribution in [0.5, 0.6) is 5.75 Å². The molecule has 1 aliphatic carbocycles. The second-order valence-electron chi connectivity index (χ2n) is 4.41. The van der Waals surface area contributed by atoms with Crippen LogP contribution in [0.2, 0.25) is 0 Å². The number of rotatable bonds is 4. The lowest BCUT2D eigenvalue weighted by Crippen LogP contribution is -2.13. The van der Waals surface area contributed by atoms with Crippen molar-refractivity contribution in [1.29, 1.82) is 0 Å². The Balaban J connectivity index is 2.24. The average molecular weight is 326 g/mol. The van der Waals surface area contributed by atoms with Crippen molar-refractivity contribution >= 4 is 27.6 Å². The van der Waals surface area contributed by atoms with Gasteiger partial charge in [0.1, 0.15) is 11.3 Å². The number of nitrogens with two attached hydrogens (primary N) is 1. The number of hydrogen-bond acceptors (Lipinski definition) is 4. The maximum absolute atomic E-state index is 11.8. The molecule has 0 amide bonds. The molecule has 0 saturated carbocycles. The van der Waals surface area contributed by atoms with E-state index in [0.29, 0.717) is 28.4 Å². The molecule has 0 aromatic heterocycles. The number of carbonyl (C=O) groups is 1. The van der Waals surface area contributed by atoms with Gasteiger partial charge in [-0.1, -0.05) is 12.2 Å². The molecule has 1 atom stereocenters. The Morgan fingerprint density at radius 1 is 1.53 bits per heavy atom. The number of ether oxygens (including phenoxy) is 2. The van der Waals surface area contributed by atoms with Crippen molar-refractivity contribution < 1.29 is 14.3 Å². The fraction of sp³-hybridized carbons (Fsp3) is 0.357. The number of carbonyl (C=O) groups excluding carboxylic acids is 1. The number of nitrogen functional groups attached to an aromatic ring is 1. The summed E-state index contributed by atoms with van der Waals surface area (Å²) in [7, 11) is 1.33. The fourth-order valence-electron chi connectivity index (χ4n) is 2.05. The predicted octanol–water partition coefficient (Wildman–Crippen LogP) is 3.16. The Morgan fingerprint density at radius 2 is 2.32 bits per heavy atom. The fourth-order valence-corrected chi connectivity index (χ4v) is 2.50. The maximum atomic E-state index is 11.8. The molecule has 102 valence electrons. The van der Waals surface area contributed by atoms with Gasteiger partial charge in [0.2, 0.25) is 0 Å². The van der Waals surface area contributed by atoms with Crippen LogP contribution in [0.25, 0.3) is 0 Å². The van der Waals surface area contributed by atoms with Gasteiger partial charge in [0.05, 0.1) is 18.2 Å². The molecule has 1 unspecified atom stereocenters. The SMILES string of the molecule is COC(=O)c1c(N)ccc(Br)c1OCC1C=CCC1. The zero-order chi connectivity index (χ0) is 13.8. The molecule has 19 heavy (non-hydrogen) atoms. The summed E-state index contributed by atoms with van der Waals surface area (Å²) in [5.41, 5.74) is 6.47. The van der Waals surface area contributed by atoms with Crippen molar-refractivity contribution in [3.63, 3.8) is 0 Å². The van der Waals surface area contributed by atoms with Crippen LogP contribution in [-0.2, 0) is 4.74 Å². The van der Waals surface area contributed by atoms with E-state index in [1.54, 1.807) is 12.1 Å². The number of benzene rings is 1. The second kappa shape index (κ2) is 6.10. The summed E-state index contributed by atoms with van der Waals surface area (Å²) in [6, 6.07) is 3.42. The number of esters is 1.